The summed E-state index contributed by atoms with van der Waals surface area (Å²) in [6.07, 6.45) is 8.33. The number of aromatic nitrogens is 1. The average molecular weight is 263 g/mol. The van der Waals surface area contributed by atoms with E-state index in [4.69, 9.17) is 0 Å². The van der Waals surface area contributed by atoms with Crippen molar-refractivity contribution in [1.29, 1.82) is 0 Å². The summed E-state index contributed by atoms with van der Waals surface area (Å²) in [5, 5.41) is 12.4. The van der Waals surface area contributed by atoms with Gasteiger partial charge in [-0.05, 0) is 18.9 Å². The van der Waals surface area contributed by atoms with E-state index >= 15 is 0 Å². The zero-order chi connectivity index (χ0) is 13.5. The van der Waals surface area contributed by atoms with Crippen molar-refractivity contribution in [1.82, 2.24) is 9.88 Å². The van der Waals surface area contributed by atoms with E-state index in [0.717, 1.165) is 18.9 Å². The monoisotopic (exact) mass is 263 g/mol. The van der Waals surface area contributed by atoms with Crippen molar-refractivity contribution >= 4 is 5.82 Å². The summed E-state index contributed by atoms with van der Waals surface area (Å²) in [6.45, 7) is 1.85. The summed E-state index contributed by atoms with van der Waals surface area (Å²) in [5.41, 5.74) is 1.21. The Morgan fingerprint density at radius 2 is 2.16 bits per heavy atom. The van der Waals surface area contributed by atoms with Gasteiger partial charge in [0.2, 0.25) is 0 Å². The molecule has 1 aliphatic carbocycles. The van der Waals surface area contributed by atoms with Crippen molar-refractivity contribution in [2.45, 2.75) is 44.7 Å². The SMILES string of the molecule is CNc1ncccc1CN(CCO)C1CCCCC1. The molecule has 2 rings (SSSR count). The van der Waals surface area contributed by atoms with E-state index in [1.54, 1.807) is 0 Å². The van der Waals surface area contributed by atoms with E-state index in [1.807, 2.05) is 19.3 Å². The molecule has 0 atom stereocenters. The van der Waals surface area contributed by atoms with E-state index in [9.17, 15) is 5.11 Å². The summed E-state index contributed by atoms with van der Waals surface area (Å²) in [5.74, 6) is 0.946. The Morgan fingerprint density at radius 3 is 2.84 bits per heavy atom. The Bertz CT molecular complexity index is 377. The van der Waals surface area contributed by atoms with Crippen molar-refractivity contribution in [2.75, 3.05) is 25.5 Å². The molecule has 1 aromatic rings. The van der Waals surface area contributed by atoms with E-state index in [2.05, 4.69) is 21.3 Å². The first-order valence-corrected chi connectivity index (χ1v) is 7.31. The van der Waals surface area contributed by atoms with Crippen LogP contribution in [0, 0.1) is 0 Å². The lowest BCUT2D eigenvalue weighted by Gasteiger charge is -2.34. The molecule has 1 heterocycles. The fourth-order valence-corrected chi connectivity index (χ4v) is 2.98. The van der Waals surface area contributed by atoms with E-state index in [-0.39, 0.29) is 6.61 Å². The highest BCUT2D eigenvalue weighted by molar-refractivity contribution is 5.42. The Labute approximate surface area is 115 Å². The molecule has 0 aromatic carbocycles. The van der Waals surface area contributed by atoms with Crippen molar-refractivity contribution in [3.63, 3.8) is 0 Å². The maximum Gasteiger partial charge on any atom is 0.130 e. The molecule has 0 aliphatic heterocycles. The van der Waals surface area contributed by atoms with Crippen LogP contribution in [0.5, 0.6) is 0 Å². The molecule has 0 bridgehead atoms. The number of hydrogen-bond donors (Lipinski definition) is 2. The summed E-state index contributed by atoms with van der Waals surface area (Å²) < 4.78 is 0. The van der Waals surface area contributed by atoms with Gasteiger partial charge in [0.15, 0.2) is 0 Å². The maximum atomic E-state index is 9.30. The minimum absolute atomic E-state index is 0.228. The van der Waals surface area contributed by atoms with Gasteiger partial charge in [0.05, 0.1) is 6.61 Å². The number of anilines is 1. The first kappa shape index (κ1) is 14.3. The average Bonchev–Trinajstić information content (AvgIpc) is 2.48. The highest BCUT2D eigenvalue weighted by atomic mass is 16.3. The van der Waals surface area contributed by atoms with Crippen LogP contribution >= 0.6 is 0 Å². The lowest BCUT2D eigenvalue weighted by Crippen LogP contribution is -2.38. The molecule has 4 nitrogen and oxygen atoms in total. The van der Waals surface area contributed by atoms with Gasteiger partial charge in [0, 0.05) is 37.9 Å². The summed E-state index contributed by atoms with van der Waals surface area (Å²) >= 11 is 0. The number of hydrogen-bond acceptors (Lipinski definition) is 4. The lowest BCUT2D eigenvalue weighted by atomic mass is 9.94. The smallest absolute Gasteiger partial charge is 0.130 e. The van der Waals surface area contributed by atoms with Gasteiger partial charge in [0.1, 0.15) is 5.82 Å². The molecule has 0 spiro atoms. The zero-order valence-corrected chi connectivity index (χ0v) is 11.8. The number of aliphatic hydroxyl groups excluding tert-OH is 1. The first-order chi connectivity index (χ1) is 9.35. The molecule has 1 aliphatic rings. The number of nitrogens with zero attached hydrogens (tertiary/aromatic N) is 2. The van der Waals surface area contributed by atoms with Crippen molar-refractivity contribution in [2.24, 2.45) is 0 Å². The van der Waals surface area contributed by atoms with Crippen LogP contribution in [0.15, 0.2) is 18.3 Å². The molecule has 1 saturated carbocycles. The molecule has 0 amide bonds. The topological polar surface area (TPSA) is 48.4 Å². The fraction of sp³-hybridized carbons (Fsp3) is 0.667. The third-order valence-corrected chi connectivity index (χ3v) is 3.98. The molecule has 4 heteroatoms. The lowest BCUT2D eigenvalue weighted by molar-refractivity contribution is 0.117. The predicted octanol–water partition coefficient (Wildman–Crippen LogP) is 2.25. The first-order valence-electron chi connectivity index (χ1n) is 7.31. The number of pyridine rings is 1. The molecular weight excluding hydrogens is 238 g/mol. The molecule has 19 heavy (non-hydrogen) atoms. The van der Waals surface area contributed by atoms with Gasteiger partial charge in [-0.25, -0.2) is 4.98 Å². The van der Waals surface area contributed by atoms with Crippen LogP contribution in [0.1, 0.15) is 37.7 Å². The Kier molecular flexibility index (Phi) is 5.61. The summed E-state index contributed by atoms with van der Waals surface area (Å²) in [6, 6.07) is 4.71. The Hall–Kier alpha value is -1.13. The van der Waals surface area contributed by atoms with Gasteiger partial charge < -0.3 is 10.4 Å². The van der Waals surface area contributed by atoms with Gasteiger partial charge in [0.25, 0.3) is 0 Å². The van der Waals surface area contributed by atoms with Crippen LogP contribution in [0.25, 0.3) is 0 Å². The van der Waals surface area contributed by atoms with Gasteiger partial charge in [-0.2, -0.15) is 0 Å². The highest BCUT2D eigenvalue weighted by Crippen LogP contribution is 2.25. The van der Waals surface area contributed by atoms with Gasteiger partial charge in [-0.1, -0.05) is 25.3 Å². The standard InChI is InChI=1S/C15H25N3O/c1-16-15-13(6-5-9-17-15)12-18(10-11-19)14-7-3-2-4-8-14/h5-6,9,14,19H,2-4,7-8,10-12H2,1H3,(H,16,17). The minimum atomic E-state index is 0.228. The van der Waals surface area contributed by atoms with Crippen molar-refractivity contribution in [3.05, 3.63) is 23.9 Å². The second-order valence-electron chi connectivity index (χ2n) is 5.25. The molecule has 106 valence electrons. The zero-order valence-electron chi connectivity index (χ0n) is 11.8. The summed E-state index contributed by atoms with van der Waals surface area (Å²) in [4.78, 5) is 6.77. The normalized spacial score (nSPS) is 16.8. The molecule has 1 aromatic heterocycles. The third-order valence-electron chi connectivity index (χ3n) is 3.98. The highest BCUT2D eigenvalue weighted by Gasteiger charge is 2.21. The maximum absolute atomic E-state index is 9.30. The number of aliphatic hydroxyl groups is 1. The predicted molar refractivity (Wildman–Crippen MR) is 78.2 cm³/mol. The number of nitrogens with one attached hydrogen (secondary N) is 1. The van der Waals surface area contributed by atoms with Crippen LogP contribution < -0.4 is 5.32 Å². The van der Waals surface area contributed by atoms with E-state index < -0.39 is 0 Å². The van der Waals surface area contributed by atoms with E-state index in [1.165, 1.54) is 37.7 Å². The largest absolute Gasteiger partial charge is 0.395 e. The van der Waals surface area contributed by atoms with E-state index in [0.29, 0.717) is 6.04 Å². The molecule has 0 radical (unpaired) electrons. The van der Waals surface area contributed by atoms with Gasteiger partial charge in [-0.15, -0.1) is 0 Å². The minimum Gasteiger partial charge on any atom is -0.395 e. The van der Waals surface area contributed by atoms with Gasteiger partial charge >= 0.3 is 0 Å². The molecule has 2 N–H and O–H groups in total. The Balaban J connectivity index is 2.06. The second kappa shape index (κ2) is 7.46. The van der Waals surface area contributed by atoms with Crippen molar-refractivity contribution < 1.29 is 5.11 Å². The fourth-order valence-electron chi connectivity index (χ4n) is 2.98. The Morgan fingerprint density at radius 1 is 1.37 bits per heavy atom. The third kappa shape index (κ3) is 3.91. The van der Waals surface area contributed by atoms with Crippen LogP contribution in [0.4, 0.5) is 5.82 Å². The number of rotatable bonds is 6. The van der Waals surface area contributed by atoms with Gasteiger partial charge in [-0.3, -0.25) is 4.90 Å². The summed E-state index contributed by atoms with van der Waals surface area (Å²) in [7, 11) is 1.91. The van der Waals surface area contributed by atoms with Crippen LogP contribution in [-0.4, -0.2) is 41.2 Å². The molecule has 1 fully saturated rings. The van der Waals surface area contributed by atoms with Crippen LogP contribution in [-0.2, 0) is 6.54 Å². The molecule has 0 unspecified atom stereocenters. The second-order valence-corrected chi connectivity index (χ2v) is 5.25. The van der Waals surface area contributed by atoms with Crippen molar-refractivity contribution in [3.8, 4) is 0 Å². The van der Waals surface area contributed by atoms with Crippen LogP contribution in [0.2, 0.25) is 0 Å². The quantitative estimate of drug-likeness (QED) is 0.826. The molecular formula is C15H25N3O. The van der Waals surface area contributed by atoms with Crippen LogP contribution in [0.3, 0.4) is 0 Å². The molecule has 0 saturated heterocycles.